The lowest BCUT2D eigenvalue weighted by Gasteiger charge is -2.14. The van der Waals surface area contributed by atoms with Gasteiger partial charge in [0.15, 0.2) is 0 Å². The lowest BCUT2D eigenvalue weighted by Crippen LogP contribution is -2.21. The van der Waals surface area contributed by atoms with E-state index in [9.17, 15) is 4.39 Å². The first-order valence-electron chi connectivity index (χ1n) is 5.12. The highest BCUT2D eigenvalue weighted by atomic mass is 79.9. The van der Waals surface area contributed by atoms with Crippen LogP contribution in [-0.2, 0) is 0 Å². The first kappa shape index (κ1) is 10.9. The van der Waals surface area contributed by atoms with Gasteiger partial charge in [0.05, 0.1) is 5.69 Å². The molecule has 0 amide bonds. The summed E-state index contributed by atoms with van der Waals surface area (Å²) in [7, 11) is 0. The van der Waals surface area contributed by atoms with Gasteiger partial charge < -0.3 is 11.1 Å². The van der Waals surface area contributed by atoms with Gasteiger partial charge in [-0.05, 0) is 37.5 Å². The summed E-state index contributed by atoms with van der Waals surface area (Å²) in [6.45, 7) is 0. The molecule has 1 fully saturated rings. The second-order valence-electron chi connectivity index (χ2n) is 4.04. The van der Waals surface area contributed by atoms with Crippen LogP contribution in [0.5, 0.6) is 0 Å². The minimum Gasteiger partial charge on any atom is -0.380 e. The molecule has 1 aromatic carbocycles. The van der Waals surface area contributed by atoms with Crippen molar-refractivity contribution in [1.29, 1.82) is 0 Å². The molecule has 15 heavy (non-hydrogen) atoms. The van der Waals surface area contributed by atoms with Crippen molar-refractivity contribution in [3.63, 3.8) is 0 Å². The largest absolute Gasteiger partial charge is 0.380 e. The van der Waals surface area contributed by atoms with Gasteiger partial charge in [-0.25, -0.2) is 4.39 Å². The molecule has 0 radical (unpaired) electrons. The van der Waals surface area contributed by atoms with Gasteiger partial charge in [0, 0.05) is 16.6 Å². The molecular weight excluding hydrogens is 259 g/mol. The van der Waals surface area contributed by atoms with Gasteiger partial charge in [0.2, 0.25) is 0 Å². The Morgan fingerprint density at radius 3 is 2.80 bits per heavy atom. The minimum atomic E-state index is -0.218. The van der Waals surface area contributed by atoms with E-state index < -0.39 is 0 Å². The van der Waals surface area contributed by atoms with Crippen LogP contribution in [0, 0.1) is 5.82 Å². The molecule has 82 valence electrons. The molecule has 2 atom stereocenters. The zero-order valence-corrected chi connectivity index (χ0v) is 9.93. The van der Waals surface area contributed by atoms with Crippen LogP contribution in [0.25, 0.3) is 0 Å². The molecule has 1 aliphatic rings. The van der Waals surface area contributed by atoms with Gasteiger partial charge in [0.1, 0.15) is 5.82 Å². The molecule has 1 aliphatic carbocycles. The summed E-state index contributed by atoms with van der Waals surface area (Å²) in [4.78, 5) is 0. The van der Waals surface area contributed by atoms with E-state index >= 15 is 0 Å². The van der Waals surface area contributed by atoms with Gasteiger partial charge in [-0.3, -0.25) is 0 Å². The molecule has 0 aliphatic heterocycles. The van der Waals surface area contributed by atoms with Crippen LogP contribution in [0.3, 0.4) is 0 Å². The first-order chi connectivity index (χ1) is 7.15. The first-order valence-corrected chi connectivity index (χ1v) is 5.91. The Bertz CT molecular complexity index is 356. The van der Waals surface area contributed by atoms with Gasteiger partial charge in [-0.15, -0.1) is 0 Å². The molecule has 0 heterocycles. The van der Waals surface area contributed by atoms with E-state index in [4.69, 9.17) is 5.73 Å². The lowest BCUT2D eigenvalue weighted by atomic mass is 10.2. The fourth-order valence-electron chi connectivity index (χ4n) is 1.97. The van der Waals surface area contributed by atoms with Crippen molar-refractivity contribution < 1.29 is 4.39 Å². The molecule has 4 heteroatoms. The molecule has 0 aromatic heterocycles. The Morgan fingerprint density at radius 2 is 2.20 bits per heavy atom. The van der Waals surface area contributed by atoms with Crippen LogP contribution in [0.2, 0.25) is 0 Å². The fourth-order valence-corrected chi connectivity index (χ4v) is 2.31. The number of anilines is 1. The van der Waals surface area contributed by atoms with E-state index in [0.717, 1.165) is 23.7 Å². The maximum absolute atomic E-state index is 13.5. The summed E-state index contributed by atoms with van der Waals surface area (Å²) in [5.74, 6) is -0.218. The zero-order valence-electron chi connectivity index (χ0n) is 8.34. The maximum atomic E-state index is 13.5. The average Bonchev–Trinajstić information content (AvgIpc) is 2.56. The van der Waals surface area contributed by atoms with Crippen LogP contribution in [0.15, 0.2) is 22.7 Å². The number of hydrogen-bond donors (Lipinski definition) is 2. The summed E-state index contributed by atoms with van der Waals surface area (Å²) in [6.07, 6.45) is 2.97. The van der Waals surface area contributed by atoms with Crippen LogP contribution in [0.4, 0.5) is 10.1 Å². The van der Waals surface area contributed by atoms with E-state index in [1.165, 1.54) is 6.07 Å². The quantitative estimate of drug-likeness (QED) is 0.869. The van der Waals surface area contributed by atoms with Crippen molar-refractivity contribution in [2.45, 2.75) is 31.3 Å². The average molecular weight is 273 g/mol. The minimum absolute atomic E-state index is 0.218. The predicted octanol–water partition coefficient (Wildman–Crippen LogP) is 2.88. The highest BCUT2D eigenvalue weighted by Gasteiger charge is 2.22. The highest BCUT2D eigenvalue weighted by Crippen LogP contribution is 2.25. The van der Waals surface area contributed by atoms with Crippen molar-refractivity contribution in [3.8, 4) is 0 Å². The van der Waals surface area contributed by atoms with E-state index in [-0.39, 0.29) is 11.9 Å². The zero-order chi connectivity index (χ0) is 10.8. The number of nitrogens with one attached hydrogen (secondary N) is 1. The molecule has 0 saturated heterocycles. The maximum Gasteiger partial charge on any atom is 0.147 e. The van der Waals surface area contributed by atoms with Gasteiger partial charge >= 0.3 is 0 Å². The predicted molar refractivity (Wildman–Crippen MR) is 63.3 cm³/mol. The molecule has 2 rings (SSSR count). The van der Waals surface area contributed by atoms with Crippen LogP contribution >= 0.6 is 15.9 Å². The number of benzene rings is 1. The van der Waals surface area contributed by atoms with E-state index in [1.54, 1.807) is 6.07 Å². The van der Waals surface area contributed by atoms with Crippen LogP contribution in [-0.4, -0.2) is 12.1 Å². The molecule has 1 aromatic rings. The Kier molecular flexibility index (Phi) is 3.26. The number of halogens is 2. The molecule has 0 bridgehead atoms. The van der Waals surface area contributed by atoms with Crippen molar-refractivity contribution in [1.82, 2.24) is 0 Å². The summed E-state index contributed by atoms with van der Waals surface area (Å²) < 4.78 is 14.2. The third-order valence-electron chi connectivity index (χ3n) is 2.76. The van der Waals surface area contributed by atoms with Crippen molar-refractivity contribution in [3.05, 3.63) is 28.5 Å². The van der Waals surface area contributed by atoms with Crippen LogP contribution < -0.4 is 11.1 Å². The summed E-state index contributed by atoms with van der Waals surface area (Å²) in [5, 5.41) is 3.19. The molecule has 0 spiro atoms. The third-order valence-corrected chi connectivity index (χ3v) is 3.26. The number of hydrogen-bond acceptors (Lipinski definition) is 2. The summed E-state index contributed by atoms with van der Waals surface area (Å²) in [6, 6.07) is 5.64. The molecule has 2 unspecified atom stereocenters. The second kappa shape index (κ2) is 4.49. The number of rotatable bonds is 2. The second-order valence-corrected chi connectivity index (χ2v) is 4.95. The normalized spacial score (nSPS) is 25.5. The third kappa shape index (κ3) is 2.69. The Balaban J connectivity index is 2.04. The summed E-state index contributed by atoms with van der Waals surface area (Å²) in [5.41, 5.74) is 6.37. The Hall–Kier alpha value is -0.610. The van der Waals surface area contributed by atoms with Gasteiger partial charge in [0.25, 0.3) is 0 Å². The standard InChI is InChI=1S/C11H14BrFN2/c12-7-1-4-11(10(13)5-7)15-9-3-2-8(14)6-9/h1,4-5,8-9,15H,2-3,6,14H2. The highest BCUT2D eigenvalue weighted by molar-refractivity contribution is 9.10. The molecule has 1 saturated carbocycles. The molecule has 2 nitrogen and oxygen atoms in total. The van der Waals surface area contributed by atoms with Gasteiger partial charge in [-0.2, -0.15) is 0 Å². The van der Waals surface area contributed by atoms with Crippen LogP contribution in [0.1, 0.15) is 19.3 Å². The van der Waals surface area contributed by atoms with Crippen molar-refractivity contribution in [2.75, 3.05) is 5.32 Å². The fraction of sp³-hybridized carbons (Fsp3) is 0.455. The Labute approximate surface area is 97.2 Å². The van der Waals surface area contributed by atoms with E-state index in [1.807, 2.05) is 6.07 Å². The van der Waals surface area contributed by atoms with E-state index in [2.05, 4.69) is 21.2 Å². The summed E-state index contributed by atoms with van der Waals surface area (Å²) >= 11 is 3.23. The van der Waals surface area contributed by atoms with Crippen molar-refractivity contribution in [2.24, 2.45) is 5.73 Å². The van der Waals surface area contributed by atoms with Crippen molar-refractivity contribution >= 4 is 21.6 Å². The topological polar surface area (TPSA) is 38.0 Å². The Morgan fingerprint density at radius 1 is 1.40 bits per heavy atom. The molecular formula is C11H14BrFN2. The lowest BCUT2D eigenvalue weighted by molar-refractivity contribution is 0.621. The van der Waals surface area contributed by atoms with Gasteiger partial charge in [-0.1, -0.05) is 15.9 Å². The SMILES string of the molecule is NC1CCC(Nc2ccc(Br)cc2F)C1. The number of nitrogens with two attached hydrogens (primary N) is 1. The smallest absolute Gasteiger partial charge is 0.147 e. The van der Waals surface area contributed by atoms with E-state index in [0.29, 0.717) is 11.7 Å². The molecule has 3 N–H and O–H groups in total. The monoisotopic (exact) mass is 272 g/mol.